The largest absolute Gasteiger partial charge is 0.464 e. The number of carbonyl (C=O) groups is 5. The van der Waals surface area contributed by atoms with Crippen LogP contribution in [0.4, 0.5) is 4.79 Å². The number of ether oxygens (including phenoxy) is 3. The lowest BCUT2D eigenvalue weighted by Crippen LogP contribution is -2.65. The Kier molecular flexibility index (Phi) is 14.4. The van der Waals surface area contributed by atoms with Gasteiger partial charge in [0.15, 0.2) is 0 Å². The van der Waals surface area contributed by atoms with Crippen molar-refractivity contribution in [3.63, 3.8) is 0 Å². The van der Waals surface area contributed by atoms with Crippen molar-refractivity contribution in [2.45, 2.75) is 135 Å². The van der Waals surface area contributed by atoms with E-state index in [2.05, 4.69) is 71.8 Å². The van der Waals surface area contributed by atoms with Crippen molar-refractivity contribution in [3.05, 3.63) is 59.4 Å². The van der Waals surface area contributed by atoms with Crippen LogP contribution in [0, 0.1) is 11.3 Å². The third-order valence-electron chi connectivity index (χ3n) is 16.6. The van der Waals surface area contributed by atoms with Crippen LogP contribution in [-0.2, 0) is 39.9 Å². The highest BCUT2D eigenvalue weighted by atomic mass is 16.5. The van der Waals surface area contributed by atoms with Gasteiger partial charge in [0.25, 0.3) is 5.91 Å². The van der Waals surface area contributed by atoms with Crippen LogP contribution in [0.2, 0.25) is 0 Å². The van der Waals surface area contributed by atoms with E-state index in [1.165, 1.54) is 32.8 Å². The van der Waals surface area contributed by atoms with E-state index in [1.54, 1.807) is 24.0 Å². The first kappa shape index (κ1) is 50.6. The molecule has 5 amide bonds. The van der Waals surface area contributed by atoms with Gasteiger partial charge in [0.1, 0.15) is 24.2 Å². The van der Waals surface area contributed by atoms with Crippen molar-refractivity contribution >= 4 is 58.0 Å². The topological polar surface area (TPSA) is 171 Å². The normalized spacial score (nSPS) is 28.0. The summed E-state index contributed by atoms with van der Waals surface area (Å²) in [5.41, 5.74) is 9.92. The van der Waals surface area contributed by atoms with E-state index in [0.29, 0.717) is 71.6 Å². The number of aryl methyl sites for hydroxylation is 1. The molecule has 1 aromatic carbocycles. The Balaban J connectivity index is 1.01. The molecule has 6 aliphatic heterocycles. The van der Waals surface area contributed by atoms with Gasteiger partial charge in [-0.15, -0.1) is 0 Å². The number of hydrogen-bond donors (Lipinski definition) is 2. The zero-order valence-corrected chi connectivity index (χ0v) is 43.1. The van der Waals surface area contributed by atoms with Crippen LogP contribution < -0.4 is 10.7 Å². The molecule has 9 rings (SSSR count). The van der Waals surface area contributed by atoms with Gasteiger partial charge in [-0.2, -0.15) is 0 Å². The average molecular weight is 978 g/mol. The van der Waals surface area contributed by atoms with Gasteiger partial charge in [0.2, 0.25) is 11.8 Å². The van der Waals surface area contributed by atoms with E-state index in [0.717, 1.165) is 53.5 Å². The number of aromatic nitrogens is 1. The molecule has 71 heavy (non-hydrogen) atoms. The molecule has 1 spiro atoms. The zero-order chi connectivity index (χ0) is 50.5. The number of likely N-dealkylation sites (N-methyl/N-ethyl adjacent to an activating group) is 1. The number of piperidine rings is 1. The summed E-state index contributed by atoms with van der Waals surface area (Å²) in [6, 6.07) is 3.57. The maximum atomic E-state index is 14.9. The highest BCUT2D eigenvalue weighted by molar-refractivity contribution is 5.97. The average Bonchev–Trinajstić information content (AvgIpc) is 3.70. The standard InChI is InChI=1S/C54H75N9O8/c1-10-42(64)62-27-28-71-54(34(62)5)20-25-60(26-21-54)52(68)58(8)46(33(3)4)49(65)56-40-31-59-23-13-15-36(30-59)35-18-19-41-38(29-35)43-44(48(69-9)45-37(16-12-22-55-45)47(43)61(41)11-2)53(6,7)32-70-51(67)39-17-14-24-63(57-39)50(40)66/h10,15,18-19,22,29,33-34,39-40,44,46,48,57H,1,11-14,16-17,20-21,23-28,30-32H2,2-9H3,(H,56,65)/t34?,39-,40-,44?,46-,48-/m0/s1. The Labute approximate surface area is 418 Å². The van der Waals surface area contributed by atoms with E-state index in [9.17, 15) is 24.0 Å². The number of rotatable bonds is 7. The second kappa shape index (κ2) is 20.3. The molecule has 6 bridgehead atoms. The molecule has 2 aromatic rings. The highest BCUT2D eigenvalue weighted by Crippen LogP contribution is 2.54. The molecular weight excluding hydrogens is 903 g/mol. The number of esters is 1. The number of nitrogens with zero attached hydrogens (tertiary/aromatic N) is 7. The lowest BCUT2D eigenvalue weighted by atomic mass is 9.66. The molecule has 17 heteroatoms. The monoisotopic (exact) mass is 978 g/mol. The fraction of sp³-hybridized carbons (Fsp3) is 0.630. The summed E-state index contributed by atoms with van der Waals surface area (Å²) >= 11 is 0. The second-order valence-corrected chi connectivity index (χ2v) is 21.7. The lowest BCUT2D eigenvalue weighted by molar-refractivity contribution is -0.173. The zero-order valence-electron chi connectivity index (χ0n) is 43.1. The number of urea groups is 1. The number of allylic oxidation sites excluding steroid dienone is 1. The maximum absolute atomic E-state index is 14.9. The molecule has 0 radical (unpaired) electrons. The number of hydrogen-bond acceptors (Lipinski definition) is 11. The minimum Gasteiger partial charge on any atom is -0.464 e. The molecule has 2 N–H and O–H groups in total. The van der Waals surface area contributed by atoms with Crippen LogP contribution in [0.15, 0.2) is 47.6 Å². The van der Waals surface area contributed by atoms with Gasteiger partial charge >= 0.3 is 12.0 Å². The first-order valence-corrected chi connectivity index (χ1v) is 26.0. The summed E-state index contributed by atoms with van der Waals surface area (Å²) in [5, 5.41) is 5.76. The van der Waals surface area contributed by atoms with Gasteiger partial charge in [-0.05, 0) is 99.6 Å². The number of aliphatic imine (C=N–C) groups is 1. The number of carbonyl (C=O) groups excluding carboxylic acids is 5. The summed E-state index contributed by atoms with van der Waals surface area (Å²) in [7, 11) is 3.40. The van der Waals surface area contributed by atoms with Crippen molar-refractivity contribution < 1.29 is 38.2 Å². The van der Waals surface area contributed by atoms with Gasteiger partial charge in [-0.1, -0.05) is 46.4 Å². The van der Waals surface area contributed by atoms with Gasteiger partial charge in [0.05, 0.1) is 36.2 Å². The number of likely N-dealkylation sites (tertiary alicyclic amines) is 1. The molecule has 384 valence electrons. The fourth-order valence-corrected chi connectivity index (χ4v) is 12.9. The Morgan fingerprint density at radius 2 is 1.87 bits per heavy atom. The van der Waals surface area contributed by atoms with Gasteiger partial charge in [-0.3, -0.25) is 34.1 Å². The molecule has 7 aliphatic rings. The quantitative estimate of drug-likeness (QED) is 0.273. The van der Waals surface area contributed by atoms with Crippen LogP contribution in [0.5, 0.6) is 0 Å². The van der Waals surface area contributed by atoms with Crippen LogP contribution in [0.25, 0.3) is 22.0 Å². The molecule has 1 aromatic heterocycles. The van der Waals surface area contributed by atoms with Crippen LogP contribution in [0.1, 0.15) is 109 Å². The van der Waals surface area contributed by atoms with Crippen molar-refractivity contribution in [1.29, 1.82) is 0 Å². The molecule has 3 unspecified atom stereocenters. The number of morpholine rings is 1. The van der Waals surface area contributed by atoms with Crippen LogP contribution in [-0.4, -0.2) is 174 Å². The Morgan fingerprint density at radius 3 is 2.59 bits per heavy atom. The summed E-state index contributed by atoms with van der Waals surface area (Å²) in [4.78, 5) is 83.2. The number of benzene rings is 1. The molecule has 1 aliphatic carbocycles. The van der Waals surface area contributed by atoms with Crippen molar-refractivity contribution in [2.75, 3.05) is 73.2 Å². The number of cyclic esters (lactones) is 1. The van der Waals surface area contributed by atoms with Gasteiger partial charge in [-0.25, -0.2) is 10.2 Å². The molecule has 17 nitrogen and oxygen atoms in total. The molecule has 7 heterocycles. The van der Waals surface area contributed by atoms with E-state index in [4.69, 9.17) is 19.2 Å². The third-order valence-corrected chi connectivity index (χ3v) is 16.6. The summed E-state index contributed by atoms with van der Waals surface area (Å²) in [5.74, 6) is -1.88. The predicted octanol–water partition coefficient (Wildman–Crippen LogP) is 5.35. The molecule has 7 atom stereocenters. The minimum atomic E-state index is -1.01. The van der Waals surface area contributed by atoms with E-state index in [1.807, 2.05) is 27.0 Å². The SMILES string of the molecule is C=CC(=O)N1CCOC2(CCN(C(=O)N(C)[C@H](C(=O)N[C@H]3CN4CCC=C(C4)c4ccc5c(c4)c4c(n5CC)C5=C(N=CCC5)[C@@H](OC)C4C(C)(C)COC(=O)[C@@H]4CCCN(N4)C3=O)C(C)C)CC2)C1C. The molecule has 3 fully saturated rings. The lowest BCUT2D eigenvalue weighted by Gasteiger charge is -2.52. The van der Waals surface area contributed by atoms with E-state index in [-0.39, 0.29) is 55.0 Å². The third kappa shape index (κ3) is 9.24. The smallest absolute Gasteiger partial charge is 0.324 e. The Hall–Kier alpha value is -5.36. The first-order valence-electron chi connectivity index (χ1n) is 26.0. The Morgan fingerprint density at radius 1 is 1.10 bits per heavy atom. The number of fused-ring (bicyclic) bond motifs is 7. The second-order valence-electron chi connectivity index (χ2n) is 21.7. The van der Waals surface area contributed by atoms with E-state index >= 15 is 0 Å². The summed E-state index contributed by atoms with van der Waals surface area (Å²) in [6.45, 7) is 20.3. The van der Waals surface area contributed by atoms with Crippen molar-refractivity contribution in [3.8, 4) is 0 Å². The first-order chi connectivity index (χ1) is 34.0. The minimum absolute atomic E-state index is 0.106. The van der Waals surface area contributed by atoms with Crippen LogP contribution >= 0.6 is 0 Å². The summed E-state index contributed by atoms with van der Waals surface area (Å²) in [6.07, 6.45) is 9.81. The number of methoxy groups -OCH3 is 1. The maximum Gasteiger partial charge on any atom is 0.324 e. The van der Waals surface area contributed by atoms with Crippen molar-refractivity contribution in [1.82, 2.24) is 39.9 Å². The van der Waals surface area contributed by atoms with Crippen LogP contribution in [0.3, 0.4) is 0 Å². The molecule has 3 saturated heterocycles. The highest BCUT2D eigenvalue weighted by Gasteiger charge is 2.50. The number of amides is 5. The number of hydrazine groups is 1. The molecular formula is C54H75N9O8. The van der Waals surface area contributed by atoms with Gasteiger partial charge < -0.3 is 38.8 Å². The summed E-state index contributed by atoms with van der Waals surface area (Å²) < 4.78 is 21.5. The fourth-order valence-electron chi connectivity index (χ4n) is 12.9. The Bertz CT molecular complexity index is 2540. The molecule has 0 saturated carbocycles. The van der Waals surface area contributed by atoms with E-state index < -0.39 is 41.0 Å². The predicted molar refractivity (Wildman–Crippen MR) is 272 cm³/mol. The van der Waals surface area contributed by atoms with Crippen molar-refractivity contribution in [2.24, 2.45) is 16.3 Å². The number of nitrogens with one attached hydrogen (secondary N) is 2. The van der Waals surface area contributed by atoms with Gasteiger partial charge in [0, 0.05) is 101 Å².